The zero-order chi connectivity index (χ0) is 19.2. The number of halogens is 1. The summed E-state index contributed by atoms with van der Waals surface area (Å²) in [6, 6.07) is 12.4. The number of thiocarbonyl (C=S) groups is 1. The fraction of sp³-hybridized carbons (Fsp3) is 0.350. The van der Waals surface area contributed by atoms with Crippen LogP contribution in [0, 0.1) is 5.82 Å². The van der Waals surface area contributed by atoms with Crippen LogP contribution in [0.1, 0.15) is 5.56 Å². The van der Waals surface area contributed by atoms with Crippen LogP contribution in [0.4, 0.5) is 10.1 Å². The first kappa shape index (κ1) is 19.4. The molecule has 3 rings (SSSR count). The van der Waals surface area contributed by atoms with Gasteiger partial charge in [0.15, 0.2) is 5.11 Å². The molecule has 0 radical (unpaired) electrons. The zero-order valence-corrected chi connectivity index (χ0v) is 16.4. The van der Waals surface area contributed by atoms with Gasteiger partial charge in [0, 0.05) is 56.6 Å². The minimum atomic E-state index is -0.190. The highest BCUT2D eigenvalue weighted by Gasteiger charge is 2.19. The summed E-state index contributed by atoms with van der Waals surface area (Å²) in [6.45, 7) is 4.14. The Balaban J connectivity index is 1.54. The summed E-state index contributed by atoms with van der Waals surface area (Å²) in [5.41, 5.74) is 1.83. The van der Waals surface area contributed by atoms with Crippen LogP contribution in [0.2, 0.25) is 0 Å². The third kappa shape index (κ3) is 5.30. The van der Waals surface area contributed by atoms with E-state index in [9.17, 15) is 4.39 Å². The number of rotatable bonds is 5. The molecule has 1 heterocycles. The first-order chi connectivity index (χ1) is 13.1. The summed E-state index contributed by atoms with van der Waals surface area (Å²) in [5, 5.41) is 3.94. The van der Waals surface area contributed by atoms with E-state index >= 15 is 0 Å². The second kappa shape index (κ2) is 9.01. The van der Waals surface area contributed by atoms with Crippen molar-refractivity contribution in [2.24, 2.45) is 0 Å². The molecule has 1 aliphatic rings. The lowest BCUT2D eigenvalue weighted by Gasteiger charge is -2.36. The number of methoxy groups -OCH3 is 2. The molecule has 1 aliphatic heterocycles. The molecule has 0 unspecified atom stereocenters. The van der Waals surface area contributed by atoms with Crippen molar-refractivity contribution < 1.29 is 13.9 Å². The highest BCUT2D eigenvalue weighted by molar-refractivity contribution is 7.80. The maximum Gasteiger partial charge on any atom is 0.173 e. The Morgan fingerprint density at radius 2 is 1.70 bits per heavy atom. The van der Waals surface area contributed by atoms with E-state index in [4.69, 9.17) is 21.7 Å². The van der Waals surface area contributed by atoms with Crippen LogP contribution in [0.15, 0.2) is 42.5 Å². The molecule has 144 valence electrons. The van der Waals surface area contributed by atoms with Crippen LogP contribution in [-0.4, -0.2) is 55.3 Å². The third-order valence-electron chi connectivity index (χ3n) is 4.56. The van der Waals surface area contributed by atoms with Crippen molar-refractivity contribution in [1.82, 2.24) is 9.80 Å². The van der Waals surface area contributed by atoms with Gasteiger partial charge in [-0.3, -0.25) is 4.90 Å². The standard InChI is InChI=1S/C20H24FN3O2S/c1-25-18-11-17(12-19(13-18)26-2)22-20(27)24-8-6-23(7-9-24)14-15-4-3-5-16(21)10-15/h3-5,10-13H,6-9,14H2,1-2H3,(H,22,27). The average molecular weight is 389 g/mol. The number of nitrogens with zero attached hydrogens (tertiary/aromatic N) is 2. The van der Waals surface area contributed by atoms with Crippen LogP contribution in [0.25, 0.3) is 0 Å². The van der Waals surface area contributed by atoms with Gasteiger partial charge in [-0.15, -0.1) is 0 Å². The van der Waals surface area contributed by atoms with E-state index in [1.54, 1.807) is 26.4 Å². The molecule has 0 bridgehead atoms. The maximum atomic E-state index is 13.3. The van der Waals surface area contributed by atoms with Crippen LogP contribution < -0.4 is 14.8 Å². The number of anilines is 1. The average Bonchev–Trinajstić information content (AvgIpc) is 2.68. The van der Waals surface area contributed by atoms with Crippen LogP contribution in [-0.2, 0) is 6.54 Å². The first-order valence-electron chi connectivity index (χ1n) is 8.83. The Morgan fingerprint density at radius 3 is 2.30 bits per heavy atom. The highest BCUT2D eigenvalue weighted by atomic mass is 32.1. The highest BCUT2D eigenvalue weighted by Crippen LogP contribution is 2.26. The van der Waals surface area contributed by atoms with Crippen molar-refractivity contribution in [2.75, 3.05) is 45.7 Å². The quantitative estimate of drug-likeness (QED) is 0.791. The Morgan fingerprint density at radius 1 is 1.04 bits per heavy atom. The van der Waals surface area contributed by atoms with E-state index in [0.717, 1.165) is 44.0 Å². The fourth-order valence-corrected chi connectivity index (χ4v) is 3.39. The minimum Gasteiger partial charge on any atom is -0.497 e. The van der Waals surface area contributed by atoms with Gasteiger partial charge in [0.25, 0.3) is 0 Å². The minimum absolute atomic E-state index is 0.190. The van der Waals surface area contributed by atoms with Crippen molar-refractivity contribution in [2.45, 2.75) is 6.54 Å². The lowest BCUT2D eigenvalue weighted by Crippen LogP contribution is -2.49. The molecule has 1 saturated heterocycles. The second-order valence-corrected chi connectivity index (χ2v) is 6.81. The number of nitrogens with one attached hydrogen (secondary N) is 1. The number of hydrogen-bond donors (Lipinski definition) is 1. The van der Waals surface area contributed by atoms with E-state index in [-0.39, 0.29) is 5.82 Å². The predicted octanol–water partition coefficient (Wildman–Crippen LogP) is 3.36. The topological polar surface area (TPSA) is 37.0 Å². The van der Waals surface area contributed by atoms with Gasteiger partial charge in [-0.25, -0.2) is 4.39 Å². The van der Waals surface area contributed by atoms with Gasteiger partial charge in [-0.1, -0.05) is 12.1 Å². The molecule has 0 amide bonds. The van der Waals surface area contributed by atoms with Gasteiger partial charge < -0.3 is 19.7 Å². The van der Waals surface area contributed by atoms with E-state index in [1.807, 2.05) is 24.3 Å². The Kier molecular flexibility index (Phi) is 6.47. The predicted molar refractivity (Wildman–Crippen MR) is 109 cm³/mol. The number of piperazine rings is 1. The lowest BCUT2D eigenvalue weighted by atomic mass is 10.2. The molecule has 1 N–H and O–H groups in total. The second-order valence-electron chi connectivity index (χ2n) is 6.42. The summed E-state index contributed by atoms with van der Waals surface area (Å²) in [4.78, 5) is 4.45. The Hall–Kier alpha value is -2.38. The van der Waals surface area contributed by atoms with Gasteiger partial charge in [0.1, 0.15) is 17.3 Å². The molecule has 0 aliphatic carbocycles. The van der Waals surface area contributed by atoms with Gasteiger partial charge in [-0.05, 0) is 29.9 Å². The molecule has 27 heavy (non-hydrogen) atoms. The summed E-state index contributed by atoms with van der Waals surface area (Å²) in [7, 11) is 3.24. The number of ether oxygens (including phenoxy) is 2. The van der Waals surface area contributed by atoms with Crippen molar-refractivity contribution in [3.8, 4) is 11.5 Å². The van der Waals surface area contributed by atoms with E-state index in [2.05, 4.69) is 15.1 Å². The smallest absolute Gasteiger partial charge is 0.173 e. The molecule has 0 spiro atoms. The molecule has 2 aromatic rings. The van der Waals surface area contributed by atoms with Crippen molar-refractivity contribution in [1.29, 1.82) is 0 Å². The fourth-order valence-electron chi connectivity index (χ4n) is 3.08. The van der Waals surface area contributed by atoms with E-state index in [0.29, 0.717) is 16.6 Å². The van der Waals surface area contributed by atoms with Crippen LogP contribution in [0.5, 0.6) is 11.5 Å². The van der Waals surface area contributed by atoms with E-state index in [1.165, 1.54) is 6.07 Å². The van der Waals surface area contributed by atoms with Gasteiger partial charge in [0.05, 0.1) is 14.2 Å². The SMILES string of the molecule is COc1cc(NC(=S)N2CCN(Cc3cccc(F)c3)CC2)cc(OC)c1. The molecule has 0 atom stereocenters. The molecule has 1 fully saturated rings. The van der Waals surface area contributed by atoms with Crippen LogP contribution in [0.3, 0.4) is 0 Å². The normalized spacial score (nSPS) is 14.7. The molecular weight excluding hydrogens is 365 g/mol. The van der Waals surface area contributed by atoms with Gasteiger partial charge in [-0.2, -0.15) is 0 Å². The molecule has 2 aromatic carbocycles. The molecule has 0 aromatic heterocycles. The molecule has 5 nitrogen and oxygen atoms in total. The molecular formula is C20H24FN3O2S. The van der Waals surface area contributed by atoms with Gasteiger partial charge >= 0.3 is 0 Å². The summed E-state index contributed by atoms with van der Waals surface area (Å²) >= 11 is 5.57. The number of hydrogen-bond acceptors (Lipinski definition) is 4. The maximum absolute atomic E-state index is 13.3. The van der Waals surface area contributed by atoms with Gasteiger partial charge in [0.2, 0.25) is 0 Å². The van der Waals surface area contributed by atoms with E-state index < -0.39 is 0 Å². The van der Waals surface area contributed by atoms with Crippen molar-refractivity contribution in [3.63, 3.8) is 0 Å². The Labute approximate surface area is 164 Å². The third-order valence-corrected chi connectivity index (χ3v) is 4.92. The number of benzene rings is 2. The molecule has 0 saturated carbocycles. The molecule has 7 heteroatoms. The monoisotopic (exact) mass is 389 g/mol. The lowest BCUT2D eigenvalue weighted by molar-refractivity contribution is 0.177. The largest absolute Gasteiger partial charge is 0.497 e. The zero-order valence-electron chi connectivity index (χ0n) is 15.6. The van der Waals surface area contributed by atoms with Crippen molar-refractivity contribution >= 4 is 23.0 Å². The first-order valence-corrected chi connectivity index (χ1v) is 9.24. The summed E-state index contributed by atoms with van der Waals surface area (Å²) < 4.78 is 23.9. The summed E-state index contributed by atoms with van der Waals surface area (Å²) in [6.07, 6.45) is 0. The Bertz CT molecular complexity index is 772. The van der Waals surface area contributed by atoms with Crippen LogP contribution >= 0.6 is 12.2 Å². The summed E-state index contributed by atoms with van der Waals surface area (Å²) in [5.74, 6) is 1.23. The van der Waals surface area contributed by atoms with Crippen molar-refractivity contribution in [3.05, 3.63) is 53.8 Å².